The number of benzene rings is 2. The van der Waals surface area contributed by atoms with E-state index in [2.05, 4.69) is 0 Å². The molecule has 1 fully saturated rings. The Kier molecular flexibility index (Phi) is 5.90. The summed E-state index contributed by atoms with van der Waals surface area (Å²) in [6.07, 6.45) is 3.49. The van der Waals surface area contributed by atoms with Gasteiger partial charge in [0.25, 0.3) is 5.56 Å². The summed E-state index contributed by atoms with van der Waals surface area (Å²) in [6, 6.07) is 12.6. The normalized spacial score (nSPS) is 17.0. The van der Waals surface area contributed by atoms with E-state index >= 15 is 0 Å². The zero-order valence-electron chi connectivity index (χ0n) is 15.6. The van der Waals surface area contributed by atoms with Gasteiger partial charge in [0, 0.05) is 17.4 Å². The van der Waals surface area contributed by atoms with Gasteiger partial charge in [0.2, 0.25) is 0 Å². The Morgan fingerprint density at radius 1 is 1.29 bits per heavy atom. The van der Waals surface area contributed by atoms with Crippen molar-refractivity contribution < 1.29 is 9.47 Å². The van der Waals surface area contributed by atoms with E-state index in [-0.39, 0.29) is 11.7 Å². The Hall–Kier alpha value is -2.02. The van der Waals surface area contributed by atoms with Gasteiger partial charge < -0.3 is 9.47 Å². The second-order valence-corrected chi connectivity index (χ2v) is 8.09. The van der Waals surface area contributed by atoms with Gasteiger partial charge in [0.05, 0.1) is 29.8 Å². The molecule has 0 radical (unpaired) electrons. The second-order valence-electron chi connectivity index (χ2n) is 6.67. The van der Waals surface area contributed by atoms with Gasteiger partial charge in [-0.25, -0.2) is 4.98 Å². The van der Waals surface area contributed by atoms with Crippen LogP contribution in [-0.2, 0) is 4.74 Å². The average molecular weight is 417 g/mol. The van der Waals surface area contributed by atoms with Crippen LogP contribution in [0.25, 0.3) is 16.6 Å². The highest BCUT2D eigenvalue weighted by molar-refractivity contribution is 7.99. The smallest absolute Gasteiger partial charge is 0.266 e. The highest BCUT2D eigenvalue weighted by Crippen LogP contribution is 2.29. The SMILES string of the molecule is COc1ccccc1-n1c(SC[C@H]2CCCCO2)nc2cc(Cl)ccc2c1=O. The number of hydrogen-bond acceptors (Lipinski definition) is 5. The molecule has 7 heteroatoms. The third-order valence-electron chi connectivity index (χ3n) is 4.80. The molecule has 28 heavy (non-hydrogen) atoms. The van der Waals surface area contributed by atoms with E-state index in [1.807, 2.05) is 24.3 Å². The van der Waals surface area contributed by atoms with E-state index in [1.165, 1.54) is 18.2 Å². The molecule has 1 saturated heterocycles. The minimum atomic E-state index is -0.141. The van der Waals surface area contributed by atoms with Crippen molar-refractivity contribution in [1.29, 1.82) is 0 Å². The maximum absolute atomic E-state index is 13.4. The minimum absolute atomic E-state index is 0.141. The zero-order chi connectivity index (χ0) is 19.5. The predicted molar refractivity (Wildman–Crippen MR) is 113 cm³/mol. The Bertz CT molecular complexity index is 1050. The summed E-state index contributed by atoms with van der Waals surface area (Å²) in [5.41, 5.74) is 1.13. The first kappa shape index (κ1) is 19.3. The standard InChI is InChI=1S/C21H21ClN2O3S/c1-26-19-8-3-2-7-18(19)24-20(25)16-10-9-14(22)12-17(16)23-21(24)28-13-15-6-4-5-11-27-15/h2-3,7-10,12,15H,4-6,11,13H2,1H3/t15-/m1/s1. The van der Waals surface area contributed by atoms with E-state index in [0.29, 0.717) is 32.5 Å². The molecule has 0 saturated carbocycles. The molecule has 3 aromatic rings. The summed E-state index contributed by atoms with van der Waals surface area (Å²) in [5, 5.41) is 1.69. The third kappa shape index (κ3) is 3.90. The van der Waals surface area contributed by atoms with E-state index < -0.39 is 0 Å². The molecule has 5 nitrogen and oxygen atoms in total. The van der Waals surface area contributed by atoms with Crippen molar-refractivity contribution in [2.45, 2.75) is 30.5 Å². The molecule has 1 atom stereocenters. The lowest BCUT2D eigenvalue weighted by atomic mass is 10.1. The van der Waals surface area contributed by atoms with Crippen molar-refractivity contribution in [3.8, 4) is 11.4 Å². The number of rotatable bonds is 5. The molecule has 146 valence electrons. The molecule has 0 spiro atoms. The molecule has 1 aliphatic rings. The van der Waals surface area contributed by atoms with Gasteiger partial charge in [0.15, 0.2) is 5.16 Å². The van der Waals surface area contributed by atoms with E-state index in [1.54, 1.807) is 29.9 Å². The van der Waals surface area contributed by atoms with Gasteiger partial charge >= 0.3 is 0 Å². The largest absolute Gasteiger partial charge is 0.495 e. The van der Waals surface area contributed by atoms with Crippen LogP contribution in [0.3, 0.4) is 0 Å². The molecule has 2 heterocycles. The molecule has 1 aliphatic heterocycles. The van der Waals surface area contributed by atoms with Gasteiger partial charge in [-0.1, -0.05) is 35.5 Å². The number of nitrogens with zero attached hydrogens (tertiary/aromatic N) is 2. The van der Waals surface area contributed by atoms with E-state index in [0.717, 1.165) is 25.2 Å². The minimum Gasteiger partial charge on any atom is -0.495 e. The molecular weight excluding hydrogens is 396 g/mol. The zero-order valence-corrected chi connectivity index (χ0v) is 17.1. The van der Waals surface area contributed by atoms with E-state index in [4.69, 9.17) is 26.1 Å². The second kappa shape index (κ2) is 8.55. The fourth-order valence-corrected chi connectivity index (χ4v) is 4.61. The summed E-state index contributed by atoms with van der Waals surface area (Å²) in [4.78, 5) is 18.1. The molecular formula is C21H21ClN2O3S. The highest BCUT2D eigenvalue weighted by atomic mass is 35.5. The number of methoxy groups -OCH3 is 1. The summed E-state index contributed by atoms with van der Waals surface area (Å²) >= 11 is 7.66. The van der Waals surface area contributed by atoms with Crippen LogP contribution in [-0.4, -0.2) is 35.1 Å². The van der Waals surface area contributed by atoms with Gasteiger partial charge in [-0.2, -0.15) is 0 Å². The number of halogens is 1. The van der Waals surface area contributed by atoms with Gasteiger partial charge in [-0.15, -0.1) is 0 Å². The third-order valence-corrected chi connectivity index (χ3v) is 6.10. The molecule has 0 unspecified atom stereocenters. The monoisotopic (exact) mass is 416 g/mol. The lowest BCUT2D eigenvalue weighted by molar-refractivity contribution is 0.0315. The summed E-state index contributed by atoms with van der Waals surface area (Å²) < 4.78 is 13.0. The van der Waals surface area contributed by atoms with Crippen molar-refractivity contribution in [1.82, 2.24) is 9.55 Å². The van der Waals surface area contributed by atoms with Crippen LogP contribution in [0.15, 0.2) is 52.4 Å². The van der Waals surface area contributed by atoms with Crippen LogP contribution in [0.4, 0.5) is 0 Å². The van der Waals surface area contributed by atoms with E-state index in [9.17, 15) is 4.79 Å². The van der Waals surface area contributed by atoms with Crippen LogP contribution in [0.2, 0.25) is 5.02 Å². The molecule has 0 bridgehead atoms. The first-order valence-electron chi connectivity index (χ1n) is 9.27. The maximum atomic E-state index is 13.4. The quantitative estimate of drug-likeness (QED) is 0.445. The average Bonchev–Trinajstić information content (AvgIpc) is 2.73. The first-order chi connectivity index (χ1) is 13.7. The number of aromatic nitrogens is 2. The molecule has 0 amide bonds. The van der Waals surface area contributed by atoms with Crippen LogP contribution >= 0.6 is 23.4 Å². The number of para-hydroxylation sites is 2. The topological polar surface area (TPSA) is 53.4 Å². The summed E-state index contributed by atoms with van der Waals surface area (Å²) in [7, 11) is 1.60. The lowest BCUT2D eigenvalue weighted by Crippen LogP contribution is -2.24. The van der Waals surface area contributed by atoms with Gasteiger partial charge in [-0.3, -0.25) is 9.36 Å². The summed E-state index contributed by atoms with van der Waals surface area (Å²) in [6.45, 7) is 0.797. The van der Waals surface area contributed by atoms with Crippen molar-refractivity contribution in [2.75, 3.05) is 19.5 Å². The van der Waals surface area contributed by atoms with Crippen LogP contribution in [0.5, 0.6) is 5.75 Å². The van der Waals surface area contributed by atoms with Crippen LogP contribution < -0.4 is 10.3 Å². The molecule has 0 N–H and O–H groups in total. The summed E-state index contributed by atoms with van der Waals surface area (Å²) in [5.74, 6) is 1.36. The number of thioether (sulfide) groups is 1. The van der Waals surface area contributed by atoms with Gasteiger partial charge in [-0.05, 0) is 49.6 Å². The Morgan fingerprint density at radius 3 is 2.93 bits per heavy atom. The van der Waals surface area contributed by atoms with Crippen molar-refractivity contribution in [3.05, 3.63) is 57.8 Å². The fourth-order valence-electron chi connectivity index (χ4n) is 3.37. The van der Waals surface area contributed by atoms with Gasteiger partial charge in [0.1, 0.15) is 5.75 Å². The maximum Gasteiger partial charge on any atom is 0.266 e. The Morgan fingerprint density at radius 2 is 2.14 bits per heavy atom. The Labute approximate surface area is 172 Å². The molecule has 0 aliphatic carbocycles. The molecule has 2 aromatic carbocycles. The fraction of sp³-hybridized carbons (Fsp3) is 0.333. The number of ether oxygens (including phenoxy) is 2. The molecule has 1 aromatic heterocycles. The first-order valence-corrected chi connectivity index (χ1v) is 10.6. The lowest BCUT2D eigenvalue weighted by Gasteiger charge is -2.22. The van der Waals surface area contributed by atoms with Crippen molar-refractivity contribution in [3.63, 3.8) is 0 Å². The Balaban J connectivity index is 1.83. The number of fused-ring (bicyclic) bond motifs is 1. The van der Waals surface area contributed by atoms with Crippen molar-refractivity contribution in [2.24, 2.45) is 0 Å². The molecule has 4 rings (SSSR count). The van der Waals surface area contributed by atoms with Crippen LogP contribution in [0, 0.1) is 0 Å². The number of hydrogen-bond donors (Lipinski definition) is 0. The van der Waals surface area contributed by atoms with Crippen LogP contribution in [0.1, 0.15) is 19.3 Å². The highest BCUT2D eigenvalue weighted by Gasteiger charge is 2.19. The van der Waals surface area contributed by atoms with Crippen molar-refractivity contribution >= 4 is 34.3 Å². The predicted octanol–water partition coefficient (Wildman–Crippen LogP) is 4.71.